The van der Waals surface area contributed by atoms with Gasteiger partial charge < -0.3 is 8.85 Å². The van der Waals surface area contributed by atoms with E-state index >= 15 is 0 Å². The van der Waals surface area contributed by atoms with Crippen LogP contribution in [0, 0.1) is 0 Å². The summed E-state index contributed by atoms with van der Waals surface area (Å²) >= 11 is 0. The molecule has 17 heteroatoms. The summed E-state index contributed by atoms with van der Waals surface area (Å²) in [6.45, 7) is 9.88. The largest absolute Gasteiger partial charge is 0.416 e. The van der Waals surface area contributed by atoms with Crippen LogP contribution in [-0.2, 0) is 33.6 Å². The van der Waals surface area contributed by atoms with Crippen LogP contribution in [0.15, 0.2) is 36.4 Å². The van der Waals surface area contributed by atoms with E-state index in [1.54, 1.807) is 39.3 Å². The van der Waals surface area contributed by atoms with Crippen molar-refractivity contribution in [3.8, 4) is 0 Å². The maximum atomic E-state index is 13.8. The SMILES string of the molecule is C[Si](C)(C)OC(c1cc(C(F)(F)F)cc(C(F)(F)F)c1)C1CCCN1C(O[Si](C)(C)C)c1cc(C(F)(F)F)cc(C(F)(F)F)c1. The van der Waals surface area contributed by atoms with E-state index in [2.05, 4.69) is 0 Å². The summed E-state index contributed by atoms with van der Waals surface area (Å²) in [4.78, 5) is 1.40. The van der Waals surface area contributed by atoms with E-state index in [0.717, 1.165) is 0 Å². The summed E-state index contributed by atoms with van der Waals surface area (Å²) in [7, 11) is -5.56. The van der Waals surface area contributed by atoms with Crippen molar-refractivity contribution in [2.24, 2.45) is 0 Å². The Morgan fingerprint density at radius 1 is 0.578 bits per heavy atom. The number of benzene rings is 2. The van der Waals surface area contributed by atoms with Gasteiger partial charge >= 0.3 is 24.7 Å². The van der Waals surface area contributed by atoms with Gasteiger partial charge in [-0.15, -0.1) is 0 Å². The fourth-order valence-corrected chi connectivity index (χ4v) is 7.10. The number of hydrogen-bond donors (Lipinski definition) is 0. The van der Waals surface area contributed by atoms with Crippen molar-refractivity contribution in [3.63, 3.8) is 0 Å². The van der Waals surface area contributed by atoms with Gasteiger partial charge in [-0.3, -0.25) is 4.90 Å². The van der Waals surface area contributed by atoms with Crippen LogP contribution < -0.4 is 0 Å². The number of rotatable bonds is 8. The molecule has 0 aromatic heterocycles. The lowest BCUT2D eigenvalue weighted by Gasteiger charge is -2.42. The molecule has 1 heterocycles. The minimum absolute atomic E-state index is 0.00799. The molecule has 0 aliphatic carbocycles. The van der Waals surface area contributed by atoms with Gasteiger partial charge in [0.1, 0.15) is 6.23 Å². The minimum atomic E-state index is -5.17. The van der Waals surface area contributed by atoms with E-state index in [-0.39, 0.29) is 31.5 Å². The average molecular weight is 700 g/mol. The zero-order chi connectivity index (χ0) is 34.6. The number of nitrogens with zero attached hydrogens (tertiary/aromatic N) is 1. The Hall–Kier alpha value is -2.09. The van der Waals surface area contributed by atoms with Crippen molar-refractivity contribution < 1.29 is 61.5 Å². The molecule has 2 aromatic carbocycles. The van der Waals surface area contributed by atoms with Crippen molar-refractivity contribution in [2.75, 3.05) is 6.54 Å². The minimum Gasteiger partial charge on any atom is -0.409 e. The Bertz CT molecular complexity index is 1180. The molecule has 254 valence electrons. The molecule has 0 bridgehead atoms. The first-order chi connectivity index (χ1) is 20.1. The molecule has 45 heavy (non-hydrogen) atoms. The number of halogens is 12. The summed E-state index contributed by atoms with van der Waals surface area (Å²) in [5, 5.41) is 0. The van der Waals surface area contributed by atoms with Gasteiger partial charge in [-0.05, 0) is 99.6 Å². The van der Waals surface area contributed by atoms with Crippen molar-refractivity contribution in [1.82, 2.24) is 4.90 Å². The molecule has 0 saturated carbocycles. The van der Waals surface area contributed by atoms with E-state index in [1.165, 1.54) is 4.90 Å². The van der Waals surface area contributed by atoms with Crippen LogP contribution in [0.1, 0.15) is 58.6 Å². The van der Waals surface area contributed by atoms with Gasteiger partial charge in [0.05, 0.1) is 28.4 Å². The van der Waals surface area contributed by atoms with Crippen LogP contribution in [0.3, 0.4) is 0 Å². The van der Waals surface area contributed by atoms with Crippen molar-refractivity contribution in [2.45, 2.75) is 95.2 Å². The van der Waals surface area contributed by atoms with E-state index < -0.39 is 93.1 Å². The molecule has 2 aromatic rings. The van der Waals surface area contributed by atoms with Gasteiger partial charge in [0.2, 0.25) is 0 Å². The van der Waals surface area contributed by atoms with Crippen LogP contribution >= 0.6 is 0 Å². The van der Waals surface area contributed by atoms with Crippen LogP contribution in [0.4, 0.5) is 52.7 Å². The van der Waals surface area contributed by atoms with E-state index in [1.807, 2.05) is 0 Å². The Morgan fingerprint density at radius 3 is 1.27 bits per heavy atom. The molecule has 0 amide bonds. The normalized spacial score (nSPS) is 19.2. The van der Waals surface area contributed by atoms with Crippen LogP contribution in [0.25, 0.3) is 0 Å². The standard InChI is InChI=1S/C28H33F12NO2Si2/c1-44(2,3)42-23(16-10-18(25(29,30)31)14-19(11-16)26(32,33)34)22-8-7-9-41(22)24(43-45(4,5)6)17-12-20(27(35,36)37)15-21(13-17)28(38,39)40/h10-15,22-24H,7-9H2,1-6H3. The zero-order valence-corrected chi connectivity index (χ0v) is 27.1. The molecule has 3 unspecified atom stereocenters. The zero-order valence-electron chi connectivity index (χ0n) is 25.1. The van der Waals surface area contributed by atoms with Crippen LogP contribution in [0.2, 0.25) is 39.3 Å². The topological polar surface area (TPSA) is 21.7 Å². The van der Waals surface area contributed by atoms with Gasteiger partial charge in [-0.25, -0.2) is 0 Å². The second kappa shape index (κ2) is 12.5. The predicted molar refractivity (Wildman–Crippen MR) is 147 cm³/mol. The van der Waals surface area contributed by atoms with Crippen LogP contribution in [0.5, 0.6) is 0 Å². The Balaban J connectivity index is 2.29. The monoisotopic (exact) mass is 699 g/mol. The molecular weight excluding hydrogens is 666 g/mol. The second-order valence-electron chi connectivity index (χ2n) is 12.9. The lowest BCUT2D eigenvalue weighted by Crippen LogP contribution is -2.45. The van der Waals surface area contributed by atoms with Gasteiger partial charge in [0.15, 0.2) is 16.6 Å². The molecule has 3 rings (SSSR count). The predicted octanol–water partition coefficient (Wildman–Crippen LogP) is 10.7. The molecule has 1 fully saturated rings. The highest BCUT2D eigenvalue weighted by Crippen LogP contribution is 2.45. The van der Waals surface area contributed by atoms with Crippen molar-refractivity contribution in [1.29, 1.82) is 0 Å². The highest BCUT2D eigenvalue weighted by Gasteiger charge is 2.45. The van der Waals surface area contributed by atoms with Crippen molar-refractivity contribution >= 4 is 16.6 Å². The first-order valence-electron chi connectivity index (χ1n) is 13.8. The average Bonchev–Trinajstić information content (AvgIpc) is 3.31. The number of hydrogen-bond acceptors (Lipinski definition) is 3. The van der Waals surface area contributed by atoms with Gasteiger partial charge in [-0.1, -0.05) is 0 Å². The second-order valence-corrected chi connectivity index (χ2v) is 21.8. The molecule has 3 nitrogen and oxygen atoms in total. The third kappa shape index (κ3) is 9.95. The third-order valence-electron chi connectivity index (χ3n) is 6.77. The third-order valence-corrected chi connectivity index (χ3v) is 8.66. The summed E-state index contributed by atoms with van der Waals surface area (Å²) in [5.74, 6) is 0. The molecule has 0 radical (unpaired) electrons. The summed E-state index contributed by atoms with van der Waals surface area (Å²) in [6.07, 6.45) is -23.3. The first kappa shape index (κ1) is 37.4. The lowest BCUT2D eigenvalue weighted by molar-refractivity contribution is -0.145. The summed E-state index contributed by atoms with van der Waals surface area (Å²) in [5.41, 5.74) is -7.31. The summed E-state index contributed by atoms with van der Waals surface area (Å²) in [6, 6.07) is 1.00. The fraction of sp³-hybridized carbons (Fsp3) is 0.571. The van der Waals surface area contributed by atoms with E-state index in [0.29, 0.717) is 24.3 Å². The fourth-order valence-electron chi connectivity index (χ4n) is 5.11. The van der Waals surface area contributed by atoms with Gasteiger partial charge in [-0.2, -0.15) is 52.7 Å². The highest BCUT2D eigenvalue weighted by atomic mass is 28.4. The number of likely N-dealkylation sites (tertiary alicyclic amines) is 1. The molecule has 1 saturated heterocycles. The van der Waals surface area contributed by atoms with Crippen molar-refractivity contribution in [3.05, 3.63) is 69.8 Å². The maximum Gasteiger partial charge on any atom is 0.416 e. The molecule has 1 aliphatic rings. The Labute approximate surface area is 254 Å². The smallest absolute Gasteiger partial charge is 0.409 e. The quantitative estimate of drug-likeness (QED) is 0.202. The van der Waals surface area contributed by atoms with Crippen LogP contribution in [-0.4, -0.2) is 34.1 Å². The molecule has 1 aliphatic heterocycles. The van der Waals surface area contributed by atoms with Gasteiger partial charge in [0.25, 0.3) is 0 Å². The first-order valence-corrected chi connectivity index (χ1v) is 20.6. The molecule has 0 spiro atoms. The summed E-state index contributed by atoms with van der Waals surface area (Å²) < 4.78 is 178. The number of alkyl halides is 12. The molecular formula is C28H33F12NO2Si2. The van der Waals surface area contributed by atoms with Gasteiger partial charge in [0, 0.05) is 12.6 Å². The lowest BCUT2D eigenvalue weighted by atomic mass is 9.95. The molecule has 0 N–H and O–H groups in total. The highest BCUT2D eigenvalue weighted by molar-refractivity contribution is 6.70. The van der Waals surface area contributed by atoms with E-state index in [9.17, 15) is 52.7 Å². The maximum absolute atomic E-state index is 13.8. The van der Waals surface area contributed by atoms with E-state index in [4.69, 9.17) is 8.85 Å². The Morgan fingerprint density at radius 2 is 0.933 bits per heavy atom. The molecule has 3 atom stereocenters. The Kier molecular flexibility index (Phi) is 10.4.